The van der Waals surface area contributed by atoms with E-state index in [1.807, 2.05) is 79.9 Å². The summed E-state index contributed by atoms with van der Waals surface area (Å²) in [6.45, 7) is 6.81. The fourth-order valence-electron chi connectivity index (χ4n) is 3.45. The lowest BCUT2D eigenvalue weighted by Crippen LogP contribution is -2.30. The lowest BCUT2D eigenvalue weighted by Gasteiger charge is -2.18. The molecule has 3 rings (SSSR count). The van der Waals surface area contributed by atoms with Gasteiger partial charge in [-0.3, -0.25) is 9.69 Å². The number of amides is 1. The van der Waals surface area contributed by atoms with Crippen LogP contribution in [-0.4, -0.2) is 41.3 Å². The molecule has 0 saturated carbocycles. The van der Waals surface area contributed by atoms with Gasteiger partial charge in [0.25, 0.3) is 0 Å². The van der Waals surface area contributed by atoms with Gasteiger partial charge in [0.05, 0.1) is 36.4 Å². The average Bonchev–Trinajstić information content (AvgIpc) is 2.97. The van der Waals surface area contributed by atoms with Crippen molar-refractivity contribution in [3.8, 4) is 11.4 Å². The summed E-state index contributed by atoms with van der Waals surface area (Å²) >= 11 is 0. The molecule has 0 bridgehead atoms. The molecule has 0 radical (unpaired) electrons. The summed E-state index contributed by atoms with van der Waals surface area (Å²) < 4.78 is 7.29. The van der Waals surface area contributed by atoms with Crippen molar-refractivity contribution in [3.63, 3.8) is 0 Å². The topological polar surface area (TPSA) is 59.4 Å². The molecule has 1 amide bonds. The second kappa shape index (κ2) is 8.92. The Kier molecular flexibility index (Phi) is 6.34. The maximum atomic E-state index is 12.7. The minimum absolute atomic E-state index is 0.0714. The third-order valence-corrected chi connectivity index (χ3v) is 4.85. The van der Waals surface area contributed by atoms with Crippen molar-refractivity contribution in [2.45, 2.75) is 27.3 Å². The summed E-state index contributed by atoms with van der Waals surface area (Å²) in [5.41, 5.74) is 5.66. The molecule has 0 saturated heterocycles. The Morgan fingerprint density at radius 3 is 2.55 bits per heavy atom. The van der Waals surface area contributed by atoms with Gasteiger partial charge in [-0.2, -0.15) is 5.10 Å². The highest BCUT2D eigenvalue weighted by Gasteiger charge is 2.17. The first kappa shape index (κ1) is 20.6. The number of ether oxygens (including phenoxy) is 1. The number of carbonyl (C=O) groups is 1. The number of aryl methyl sites for hydroxylation is 2. The van der Waals surface area contributed by atoms with Crippen molar-refractivity contribution < 1.29 is 9.53 Å². The van der Waals surface area contributed by atoms with E-state index in [0.717, 1.165) is 34.1 Å². The van der Waals surface area contributed by atoms with Crippen LogP contribution in [0.4, 0.5) is 5.69 Å². The van der Waals surface area contributed by atoms with Gasteiger partial charge >= 0.3 is 0 Å². The van der Waals surface area contributed by atoms with E-state index >= 15 is 0 Å². The molecule has 1 N–H and O–H groups in total. The number of aromatic nitrogens is 2. The van der Waals surface area contributed by atoms with Crippen LogP contribution in [-0.2, 0) is 11.3 Å². The van der Waals surface area contributed by atoms with Crippen LogP contribution in [0.15, 0.2) is 48.5 Å². The molecule has 2 aromatic carbocycles. The predicted octanol–water partition coefficient (Wildman–Crippen LogP) is 3.88. The quantitative estimate of drug-likeness (QED) is 0.663. The summed E-state index contributed by atoms with van der Waals surface area (Å²) in [6.07, 6.45) is 0. The first-order valence-electron chi connectivity index (χ1n) is 9.62. The summed E-state index contributed by atoms with van der Waals surface area (Å²) in [4.78, 5) is 14.6. The molecule has 0 aliphatic rings. The van der Waals surface area contributed by atoms with E-state index < -0.39 is 0 Å². The SMILES string of the molecule is COc1ccc(C)cc1CN(C)CC(=O)Nc1c(C)nn(-c2ccccc2)c1C. The number of hydrogen-bond acceptors (Lipinski definition) is 4. The highest BCUT2D eigenvalue weighted by molar-refractivity contribution is 5.93. The van der Waals surface area contributed by atoms with Crippen molar-refractivity contribution in [1.82, 2.24) is 14.7 Å². The maximum Gasteiger partial charge on any atom is 0.238 e. The third-order valence-electron chi connectivity index (χ3n) is 4.85. The first-order valence-corrected chi connectivity index (χ1v) is 9.62. The van der Waals surface area contributed by atoms with E-state index in [-0.39, 0.29) is 12.5 Å². The highest BCUT2D eigenvalue weighted by Crippen LogP contribution is 2.23. The maximum absolute atomic E-state index is 12.7. The zero-order chi connectivity index (χ0) is 21.0. The monoisotopic (exact) mass is 392 g/mol. The number of para-hydroxylation sites is 1. The number of nitrogens with one attached hydrogen (secondary N) is 1. The standard InChI is InChI=1S/C23H28N4O2/c1-16-11-12-21(29-5)19(13-16)14-26(4)15-22(28)24-23-17(2)25-27(18(23)3)20-9-7-6-8-10-20/h6-13H,14-15H2,1-5H3,(H,24,28). The van der Waals surface area contributed by atoms with Crippen LogP contribution in [0.2, 0.25) is 0 Å². The van der Waals surface area contributed by atoms with Crippen molar-refractivity contribution in [2.75, 3.05) is 26.0 Å². The lowest BCUT2D eigenvalue weighted by molar-refractivity contribution is -0.117. The van der Waals surface area contributed by atoms with Gasteiger partial charge in [-0.25, -0.2) is 4.68 Å². The van der Waals surface area contributed by atoms with Gasteiger partial charge in [-0.1, -0.05) is 35.9 Å². The molecule has 0 unspecified atom stereocenters. The van der Waals surface area contributed by atoms with Gasteiger partial charge in [-0.15, -0.1) is 0 Å². The van der Waals surface area contributed by atoms with Gasteiger partial charge in [0.2, 0.25) is 5.91 Å². The number of benzene rings is 2. The van der Waals surface area contributed by atoms with Crippen LogP contribution < -0.4 is 10.1 Å². The highest BCUT2D eigenvalue weighted by atomic mass is 16.5. The molecular weight excluding hydrogens is 364 g/mol. The number of hydrogen-bond donors (Lipinski definition) is 1. The molecule has 6 nitrogen and oxygen atoms in total. The number of anilines is 1. The zero-order valence-electron chi connectivity index (χ0n) is 17.7. The molecule has 1 heterocycles. The normalized spacial score (nSPS) is 11.0. The number of carbonyl (C=O) groups excluding carboxylic acids is 1. The molecule has 0 aliphatic heterocycles. The van der Waals surface area contributed by atoms with Crippen LogP contribution in [0.5, 0.6) is 5.75 Å². The molecule has 0 spiro atoms. The molecule has 0 atom stereocenters. The molecule has 6 heteroatoms. The second-order valence-corrected chi connectivity index (χ2v) is 7.33. The van der Waals surface area contributed by atoms with E-state index in [2.05, 4.69) is 16.5 Å². The van der Waals surface area contributed by atoms with Gasteiger partial charge in [-0.05, 0) is 46.0 Å². The minimum atomic E-state index is -0.0714. The van der Waals surface area contributed by atoms with E-state index in [1.165, 1.54) is 5.56 Å². The average molecular weight is 393 g/mol. The first-order chi connectivity index (χ1) is 13.9. The smallest absolute Gasteiger partial charge is 0.238 e. The Morgan fingerprint density at radius 2 is 1.86 bits per heavy atom. The zero-order valence-corrected chi connectivity index (χ0v) is 17.7. The van der Waals surface area contributed by atoms with Gasteiger partial charge in [0.15, 0.2) is 0 Å². The molecule has 0 aliphatic carbocycles. The molecular formula is C23H28N4O2. The minimum Gasteiger partial charge on any atom is -0.496 e. The largest absolute Gasteiger partial charge is 0.496 e. The Morgan fingerprint density at radius 1 is 1.14 bits per heavy atom. The summed E-state index contributed by atoms with van der Waals surface area (Å²) in [5, 5.41) is 7.61. The van der Waals surface area contributed by atoms with Crippen LogP contribution in [0.3, 0.4) is 0 Å². The Bertz CT molecular complexity index is 996. The second-order valence-electron chi connectivity index (χ2n) is 7.33. The van der Waals surface area contributed by atoms with E-state index in [0.29, 0.717) is 6.54 Å². The summed E-state index contributed by atoms with van der Waals surface area (Å²) in [7, 11) is 3.59. The van der Waals surface area contributed by atoms with Crippen molar-refractivity contribution in [1.29, 1.82) is 0 Å². The number of likely N-dealkylation sites (N-methyl/N-ethyl adjacent to an activating group) is 1. The van der Waals surface area contributed by atoms with Gasteiger partial charge < -0.3 is 10.1 Å². The van der Waals surface area contributed by atoms with Crippen LogP contribution in [0.1, 0.15) is 22.5 Å². The van der Waals surface area contributed by atoms with Crippen LogP contribution in [0.25, 0.3) is 5.69 Å². The van der Waals surface area contributed by atoms with E-state index in [4.69, 9.17) is 4.74 Å². The fourth-order valence-corrected chi connectivity index (χ4v) is 3.45. The Labute approximate surface area is 172 Å². The fraction of sp³-hybridized carbons (Fsp3) is 0.304. The lowest BCUT2D eigenvalue weighted by atomic mass is 10.1. The summed E-state index contributed by atoms with van der Waals surface area (Å²) in [5.74, 6) is 0.761. The van der Waals surface area contributed by atoms with Crippen molar-refractivity contribution in [3.05, 3.63) is 71.0 Å². The predicted molar refractivity (Wildman–Crippen MR) is 116 cm³/mol. The molecule has 29 heavy (non-hydrogen) atoms. The van der Waals surface area contributed by atoms with Crippen molar-refractivity contribution >= 4 is 11.6 Å². The molecule has 0 fully saturated rings. The van der Waals surface area contributed by atoms with Crippen LogP contribution in [0, 0.1) is 20.8 Å². The van der Waals surface area contributed by atoms with E-state index in [1.54, 1.807) is 7.11 Å². The summed E-state index contributed by atoms with van der Waals surface area (Å²) in [6, 6.07) is 16.0. The van der Waals surface area contributed by atoms with E-state index in [9.17, 15) is 4.79 Å². The molecule has 3 aromatic rings. The molecule has 152 valence electrons. The van der Waals surface area contributed by atoms with Gasteiger partial charge in [0.1, 0.15) is 5.75 Å². The number of rotatable bonds is 7. The third kappa shape index (κ3) is 4.84. The van der Waals surface area contributed by atoms with Crippen molar-refractivity contribution in [2.24, 2.45) is 0 Å². The van der Waals surface area contributed by atoms with Crippen LogP contribution >= 0.6 is 0 Å². The van der Waals surface area contributed by atoms with Gasteiger partial charge in [0, 0.05) is 12.1 Å². The number of nitrogens with zero attached hydrogens (tertiary/aromatic N) is 3. The Hall–Kier alpha value is -3.12. The Balaban J connectivity index is 1.68. The molecule has 1 aromatic heterocycles. The number of methoxy groups -OCH3 is 1.